The number of fused-ring (bicyclic) bond motifs is 1. The lowest BCUT2D eigenvalue weighted by Crippen LogP contribution is -2.46. The Morgan fingerprint density at radius 2 is 1.85 bits per heavy atom. The number of nitrogens with zero attached hydrogens (tertiary/aromatic N) is 2. The van der Waals surface area contributed by atoms with Gasteiger partial charge in [0.1, 0.15) is 12.3 Å². The lowest BCUT2D eigenvalue weighted by molar-refractivity contribution is -0.131. The van der Waals surface area contributed by atoms with E-state index in [0.717, 1.165) is 12.8 Å². The highest BCUT2D eigenvalue weighted by Gasteiger charge is 2.29. The second-order valence-electron chi connectivity index (χ2n) is 6.52. The van der Waals surface area contributed by atoms with Crippen molar-refractivity contribution in [3.05, 3.63) is 18.2 Å². The fourth-order valence-corrected chi connectivity index (χ4v) is 3.17. The molecule has 27 heavy (non-hydrogen) atoms. The molecule has 0 unspecified atom stereocenters. The molecule has 3 amide bonds. The van der Waals surface area contributed by atoms with Gasteiger partial charge in [0, 0.05) is 24.7 Å². The molecule has 0 saturated heterocycles. The molecule has 0 bridgehead atoms. The van der Waals surface area contributed by atoms with E-state index in [9.17, 15) is 14.4 Å². The summed E-state index contributed by atoms with van der Waals surface area (Å²) in [6, 6.07) is 5.17. The number of likely N-dealkylation sites (N-methyl/N-ethyl adjacent to an activating group) is 1. The van der Waals surface area contributed by atoms with E-state index in [1.807, 2.05) is 27.7 Å². The Morgan fingerprint density at radius 3 is 2.44 bits per heavy atom. The van der Waals surface area contributed by atoms with Crippen LogP contribution in [0.1, 0.15) is 40.5 Å². The number of nitrogens with one attached hydrogen (secondary N) is 1. The molecular formula is C20H29N3O4. The first-order valence-electron chi connectivity index (χ1n) is 9.60. The van der Waals surface area contributed by atoms with Gasteiger partial charge in [-0.1, -0.05) is 13.8 Å². The van der Waals surface area contributed by atoms with Crippen molar-refractivity contribution in [1.29, 1.82) is 0 Å². The summed E-state index contributed by atoms with van der Waals surface area (Å²) >= 11 is 0. The number of carbonyl (C=O) groups is 3. The van der Waals surface area contributed by atoms with Gasteiger partial charge in [-0.05, 0) is 44.9 Å². The fraction of sp³-hybridized carbons (Fsp3) is 0.550. The normalized spacial score (nSPS) is 13.2. The third kappa shape index (κ3) is 4.78. The first-order chi connectivity index (χ1) is 12.9. The van der Waals surface area contributed by atoms with Gasteiger partial charge in [0.05, 0.1) is 5.69 Å². The van der Waals surface area contributed by atoms with Gasteiger partial charge in [-0.2, -0.15) is 0 Å². The zero-order chi connectivity index (χ0) is 20.0. The molecule has 0 aliphatic carbocycles. The number of amides is 3. The van der Waals surface area contributed by atoms with E-state index in [2.05, 4.69) is 5.32 Å². The highest BCUT2D eigenvalue weighted by molar-refractivity contribution is 6.03. The van der Waals surface area contributed by atoms with Gasteiger partial charge < -0.3 is 15.0 Å². The van der Waals surface area contributed by atoms with Crippen LogP contribution in [-0.2, 0) is 14.4 Å². The van der Waals surface area contributed by atoms with Crippen molar-refractivity contribution >= 4 is 29.1 Å². The van der Waals surface area contributed by atoms with Gasteiger partial charge in [-0.3, -0.25) is 19.3 Å². The molecule has 0 aromatic heterocycles. The van der Waals surface area contributed by atoms with Crippen LogP contribution < -0.4 is 15.0 Å². The standard InChI is InChI=1S/C20H29N3O4/c1-5-14(6-2)20(26)21-15-9-10-17-16(11-15)23(19(25)13-27-17)12-18(24)22(7-3)8-4/h9-11,14H,5-8,12-13H2,1-4H3,(H,21,26). The minimum Gasteiger partial charge on any atom is -0.482 e. The first kappa shape index (κ1) is 20.7. The van der Waals surface area contributed by atoms with Crippen LogP contribution in [-0.4, -0.2) is 48.9 Å². The molecule has 7 nitrogen and oxygen atoms in total. The Hall–Kier alpha value is -2.57. The minimum atomic E-state index is -0.272. The summed E-state index contributed by atoms with van der Waals surface area (Å²) in [5, 5.41) is 2.90. The van der Waals surface area contributed by atoms with Crippen LogP contribution in [0.3, 0.4) is 0 Å². The minimum absolute atomic E-state index is 0.0409. The maximum Gasteiger partial charge on any atom is 0.265 e. The van der Waals surface area contributed by atoms with E-state index in [0.29, 0.717) is 30.2 Å². The molecule has 1 N–H and O–H groups in total. The van der Waals surface area contributed by atoms with Crippen LogP contribution in [0.4, 0.5) is 11.4 Å². The molecule has 0 spiro atoms. The summed E-state index contributed by atoms with van der Waals surface area (Å²) in [7, 11) is 0. The fourth-order valence-electron chi connectivity index (χ4n) is 3.17. The van der Waals surface area contributed by atoms with Crippen molar-refractivity contribution in [2.75, 3.05) is 36.5 Å². The van der Waals surface area contributed by atoms with Crippen LogP contribution in [0.25, 0.3) is 0 Å². The van der Waals surface area contributed by atoms with Gasteiger partial charge in [0.15, 0.2) is 6.61 Å². The van der Waals surface area contributed by atoms with Crippen molar-refractivity contribution in [2.24, 2.45) is 5.92 Å². The Bertz CT molecular complexity index is 696. The number of hydrogen-bond donors (Lipinski definition) is 1. The number of ether oxygens (including phenoxy) is 1. The molecule has 1 heterocycles. The molecule has 1 aliphatic heterocycles. The lowest BCUT2D eigenvalue weighted by atomic mass is 10.0. The van der Waals surface area contributed by atoms with E-state index >= 15 is 0 Å². The predicted octanol–water partition coefficient (Wildman–Crippen LogP) is 2.66. The van der Waals surface area contributed by atoms with Crippen LogP contribution >= 0.6 is 0 Å². The molecule has 1 aromatic carbocycles. The highest BCUT2D eigenvalue weighted by Crippen LogP contribution is 2.34. The summed E-state index contributed by atoms with van der Waals surface area (Å²) in [4.78, 5) is 40.3. The third-order valence-corrected chi connectivity index (χ3v) is 4.94. The average Bonchev–Trinajstić information content (AvgIpc) is 2.66. The molecular weight excluding hydrogens is 346 g/mol. The second kappa shape index (κ2) is 9.39. The second-order valence-corrected chi connectivity index (χ2v) is 6.52. The van der Waals surface area contributed by atoms with Crippen molar-refractivity contribution in [3.8, 4) is 5.75 Å². The van der Waals surface area contributed by atoms with Crippen molar-refractivity contribution in [3.63, 3.8) is 0 Å². The molecule has 0 fully saturated rings. The largest absolute Gasteiger partial charge is 0.482 e. The van der Waals surface area contributed by atoms with E-state index in [4.69, 9.17) is 4.74 Å². The van der Waals surface area contributed by atoms with Crippen molar-refractivity contribution in [2.45, 2.75) is 40.5 Å². The Balaban J connectivity index is 2.25. The van der Waals surface area contributed by atoms with E-state index in [1.54, 1.807) is 23.1 Å². The number of hydrogen-bond acceptors (Lipinski definition) is 4. The quantitative estimate of drug-likeness (QED) is 0.758. The van der Waals surface area contributed by atoms with E-state index in [1.165, 1.54) is 4.90 Å². The van der Waals surface area contributed by atoms with Gasteiger partial charge in [-0.25, -0.2) is 0 Å². The van der Waals surface area contributed by atoms with Crippen LogP contribution in [0.2, 0.25) is 0 Å². The summed E-state index contributed by atoms with van der Waals surface area (Å²) in [6.07, 6.45) is 1.53. The number of benzene rings is 1. The smallest absolute Gasteiger partial charge is 0.265 e. The van der Waals surface area contributed by atoms with E-state index < -0.39 is 0 Å². The van der Waals surface area contributed by atoms with Crippen LogP contribution in [0.5, 0.6) is 5.75 Å². The monoisotopic (exact) mass is 375 g/mol. The lowest BCUT2D eigenvalue weighted by Gasteiger charge is -2.31. The maximum absolute atomic E-state index is 12.5. The molecule has 1 aliphatic rings. The van der Waals surface area contributed by atoms with Crippen molar-refractivity contribution in [1.82, 2.24) is 4.90 Å². The highest BCUT2D eigenvalue weighted by atomic mass is 16.5. The first-order valence-corrected chi connectivity index (χ1v) is 9.60. The zero-order valence-electron chi connectivity index (χ0n) is 16.6. The molecule has 1 aromatic rings. The zero-order valence-corrected chi connectivity index (χ0v) is 16.6. The summed E-state index contributed by atoms with van der Waals surface area (Å²) in [5.41, 5.74) is 1.10. The Kier molecular flexibility index (Phi) is 7.21. The van der Waals surface area contributed by atoms with E-state index in [-0.39, 0.29) is 36.8 Å². The van der Waals surface area contributed by atoms with Crippen molar-refractivity contribution < 1.29 is 19.1 Å². The molecule has 0 saturated carbocycles. The summed E-state index contributed by atoms with van der Waals surface area (Å²) in [6.45, 7) is 8.81. The summed E-state index contributed by atoms with van der Waals surface area (Å²) in [5.74, 6) is 0.0367. The molecule has 0 radical (unpaired) electrons. The number of carbonyl (C=O) groups excluding carboxylic acids is 3. The predicted molar refractivity (Wildman–Crippen MR) is 105 cm³/mol. The number of anilines is 2. The average molecular weight is 375 g/mol. The van der Waals surface area contributed by atoms with Gasteiger partial charge in [0.2, 0.25) is 11.8 Å². The van der Waals surface area contributed by atoms with Gasteiger partial charge in [-0.15, -0.1) is 0 Å². The topological polar surface area (TPSA) is 79.0 Å². The summed E-state index contributed by atoms with van der Waals surface area (Å²) < 4.78 is 5.48. The van der Waals surface area contributed by atoms with Gasteiger partial charge in [0.25, 0.3) is 5.91 Å². The van der Waals surface area contributed by atoms with Crippen LogP contribution in [0, 0.1) is 5.92 Å². The molecule has 7 heteroatoms. The third-order valence-electron chi connectivity index (χ3n) is 4.94. The Labute approximate surface area is 160 Å². The molecule has 2 rings (SSSR count). The SMILES string of the molecule is CCC(CC)C(=O)Nc1ccc2c(c1)N(CC(=O)N(CC)CC)C(=O)CO2. The van der Waals surface area contributed by atoms with Crippen LogP contribution in [0.15, 0.2) is 18.2 Å². The maximum atomic E-state index is 12.5. The molecule has 148 valence electrons. The Morgan fingerprint density at radius 1 is 1.19 bits per heavy atom. The molecule has 0 atom stereocenters. The van der Waals surface area contributed by atoms with Gasteiger partial charge >= 0.3 is 0 Å². The number of rotatable bonds is 8.